The van der Waals surface area contributed by atoms with Crippen molar-refractivity contribution in [1.82, 2.24) is 20.1 Å². The van der Waals surface area contributed by atoms with Gasteiger partial charge in [0, 0.05) is 23.0 Å². The van der Waals surface area contributed by atoms with E-state index in [1.54, 1.807) is 17.7 Å². The summed E-state index contributed by atoms with van der Waals surface area (Å²) in [6.07, 6.45) is 4.90. The van der Waals surface area contributed by atoms with E-state index in [4.69, 9.17) is 0 Å². The summed E-state index contributed by atoms with van der Waals surface area (Å²) in [5, 5.41) is 13.3. The SMILES string of the molecule is Cc1ccc(N2C(=O)CCC(C(=O)NCc3nncn3C3CC3)C2c2cccs2)cc1. The maximum atomic E-state index is 13.3. The quantitative estimate of drug-likeness (QED) is 0.639. The highest BCUT2D eigenvalue weighted by molar-refractivity contribution is 7.10. The van der Waals surface area contributed by atoms with E-state index in [1.165, 1.54) is 0 Å². The molecule has 31 heavy (non-hydrogen) atoms. The molecule has 2 fully saturated rings. The number of hydrogen-bond donors (Lipinski definition) is 1. The molecule has 2 aliphatic rings. The van der Waals surface area contributed by atoms with Crippen LogP contribution in [0.5, 0.6) is 0 Å². The molecule has 1 saturated carbocycles. The third-order valence-corrected chi connectivity index (χ3v) is 7.03. The van der Waals surface area contributed by atoms with Crippen LogP contribution in [0, 0.1) is 12.8 Å². The molecule has 2 atom stereocenters. The Morgan fingerprint density at radius 3 is 2.71 bits per heavy atom. The first-order chi connectivity index (χ1) is 15.1. The van der Waals surface area contributed by atoms with E-state index in [9.17, 15) is 9.59 Å². The van der Waals surface area contributed by atoms with Gasteiger partial charge in [0.2, 0.25) is 11.8 Å². The van der Waals surface area contributed by atoms with Gasteiger partial charge in [0.1, 0.15) is 6.33 Å². The van der Waals surface area contributed by atoms with Crippen molar-refractivity contribution in [3.63, 3.8) is 0 Å². The molecule has 0 bridgehead atoms. The van der Waals surface area contributed by atoms with Gasteiger partial charge in [0.05, 0.1) is 18.5 Å². The first-order valence-electron chi connectivity index (χ1n) is 10.7. The summed E-state index contributed by atoms with van der Waals surface area (Å²) in [6, 6.07) is 12.1. The highest BCUT2D eigenvalue weighted by Gasteiger charge is 2.42. The monoisotopic (exact) mass is 435 g/mol. The van der Waals surface area contributed by atoms with Crippen molar-refractivity contribution in [3.05, 3.63) is 64.4 Å². The molecular formula is C23H25N5O2S. The minimum absolute atomic E-state index is 0.0478. The van der Waals surface area contributed by atoms with Gasteiger partial charge in [-0.05, 0) is 49.8 Å². The van der Waals surface area contributed by atoms with Gasteiger partial charge in [-0.15, -0.1) is 21.5 Å². The number of carbonyl (C=O) groups excluding carboxylic acids is 2. The molecule has 0 radical (unpaired) electrons. The third-order valence-electron chi connectivity index (χ3n) is 6.09. The average molecular weight is 436 g/mol. The highest BCUT2D eigenvalue weighted by Crippen LogP contribution is 2.42. The number of nitrogens with one attached hydrogen (secondary N) is 1. The molecule has 7 nitrogen and oxygen atoms in total. The number of nitrogens with zero attached hydrogens (tertiary/aromatic N) is 4. The van der Waals surface area contributed by atoms with E-state index in [0.29, 0.717) is 25.4 Å². The number of aryl methyl sites for hydroxylation is 1. The lowest BCUT2D eigenvalue weighted by Crippen LogP contribution is -2.48. The molecular weight excluding hydrogens is 410 g/mol. The van der Waals surface area contributed by atoms with E-state index in [0.717, 1.165) is 34.8 Å². The molecule has 1 aliphatic heterocycles. The van der Waals surface area contributed by atoms with Crippen LogP contribution in [0.3, 0.4) is 0 Å². The van der Waals surface area contributed by atoms with E-state index in [2.05, 4.69) is 20.1 Å². The van der Waals surface area contributed by atoms with Gasteiger partial charge in [0.25, 0.3) is 0 Å². The summed E-state index contributed by atoms with van der Waals surface area (Å²) >= 11 is 1.58. The van der Waals surface area contributed by atoms with E-state index < -0.39 is 0 Å². The number of piperidine rings is 1. The number of thiophene rings is 1. The van der Waals surface area contributed by atoms with Gasteiger partial charge >= 0.3 is 0 Å². The van der Waals surface area contributed by atoms with Crippen LogP contribution in [0.1, 0.15) is 54.0 Å². The summed E-state index contributed by atoms with van der Waals surface area (Å²) in [5.41, 5.74) is 1.97. The molecule has 2 unspecified atom stereocenters. The average Bonchev–Trinajstić information content (AvgIpc) is 3.26. The van der Waals surface area contributed by atoms with E-state index >= 15 is 0 Å². The second-order valence-electron chi connectivity index (χ2n) is 8.31. The van der Waals surface area contributed by atoms with Crippen molar-refractivity contribution in [3.8, 4) is 0 Å². The molecule has 160 valence electrons. The minimum Gasteiger partial charge on any atom is -0.348 e. The lowest BCUT2D eigenvalue weighted by atomic mass is 9.86. The Labute approximate surface area is 185 Å². The van der Waals surface area contributed by atoms with E-state index in [1.807, 2.05) is 53.6 Å². The summed E-state index contributed by atoms with van der Waals surface area (Å²) in [4.78, 5) is 29.2. The molecule has 0 spiro atoms. The topological polar surface area (TPSA) is 80.1 Å². The van der Waals surface area contributed by atoms with Crippen molar-refractivity contribution < 1.29 is 9.59 Å². The maximum Gasteiger partial charge on any atom is 0.227 e. The van der Waals surface area contributed by atoms with Crippen LogP contribution in [0.2, 0.25) is 0 Å². The fraction of sp³-hybridized carbons (Fsp3) is 0.391. The Morgan fingerprint density at radius 2 is 2.00 bits per heavy atom. The maximum absolute atomic E-state index is 13.3. The zero-order valence-corrected chi connectivity index (χ0v) is 18.2. The molecule has 1 aliphatic carbocycles. The van der Waals surface area contributed by atoms with Crippen LogP contribution in [0.4, 0.5) is 5.69 Å². The Balaban J connectivity index is 1.40. The fourth-order valence-corrected chi connectivity index (χ4v) is 5.19. The Hall–Kier alpha value is -3.00. The summed E-state index contributed by atoms with van der Waals surface area (Å²) < 4.78 is 2.06. The predicted molar refractivity (Wildman–Crippen MR) is 119 cm³/mol. The molecule has 3 aromatic rings. The van der Waals surface area contributed by atoms with Crippen LogP contribution in [0.25, 0.3) is 0 Å². The second-order valence-corrected chi connectivity index (χ2v) is 9.29. The Morgan fingerprint density at radius 1 is 1.19 bits per heavy atom. The zero-order valence-electron chi connectivity index (χ0n) is 17.4. The van der Waals surface area contributed by atoms with Gasteiger partial charge < -0.3 is 14.8 Å². The lowest BCUT2D eigenvalue weighted by Gasteiger charge is -2.40. The van der Waals surface area contributed by atoms with Crippen molar-refractivity contribution >= 4 is 28.8 Å². The number of rotatable bonds is 6. The van der Waals surface area contributed by atoms with Gasteiger partial charge in [-0.3, -0.25) is 9.59 Å². The number of amides is 2. The number of aromatic nitrogens is 3. The molecule has 3 heterocycles. The third kappa shape index (κ3) is 3.99. The number of hydrogen-bond acceptors (Lipinski definition) is 5. The first-order valence-corrected chi connectivity index (χ1v) is 11.6. The summed E-state index contributed by atoms with van der Waals surface area (Å²) in [5.74, 6) is 0.467. The van der Waals surface area contributed by atoms with Gasteiger partial charge in [0.15, 0.2) is 5.82 Å². The van der Waals surface area contributed by atoms with Gasteiger partial charge in [-0.1, -0.05) is 23.8 Å². The van der Waals surface area contributed by atoms with Crippen LogP contribution in [-0.4, -0.2) is 26.6 Å². The molecule has 2 aromatic heterocycles. The smallest absolute Gasteiger partial charge is 0.227 e. The van der Waals surface area contributed by atoms with E-state index in [-0.39, 0.29) is 23.8 Å². The van der Waals surface area contributed by atoms with Crippen molar-refractivity contribution in [2.75, 3.05) is 4.90 Å². The van der Waals surface area contributed by atoms with Gasteiger partial charge in [-0.2, -0.15) is 0 Å². The van der Waals surface area contributed by atoms with Gasteiger partial charge in [-0.25, -0.2) is 0 Å². The molecule has 1 N–H and O–H groups in total. The number of benzene rings is 1. The van der Waals surface area contributed by atoms with Crippen LogP contribution < -0.4 is 10.2 Å². The summed E-state index contributed by atoms with van der Waals surface area (Å²) in [7, 11) is 0. The highest BCUT2D eigenvalue weighted by atomic mass is 32.1. The molecule has 5 rings (SSSR count). The fourth-order valence-electron chi connectivity index (χ4n) is 4.31. The minimum atomic E-state index is -0.324. The van der Waals surface area contributed by atoms with Crippen molar-refractivity contribution in [1.29, 1.82) is 0 Å². The number of carbonyl (C=O) groups is 2. The van der Waals surface area contributed by atoms with Crippen LogP contribution >= 0.6 is 11.3 Å². The molecule has 1 saturated heterocycles. The van der Waals surface area contributed by atoms with Crippen molar-refractivity contribution in [2.45, 2.75) is 51.2 Å². The molecule has 1 aromatic carbocycles. The summed E-state index contributed by atoms with van der Waals surface area (Å²) in [6.45, 7) is 2.37. The largest absolute Gasteiger partial charge is 0.348 e. The van der Waals surface area contributed by atoms with Crippen LogP contribution in [-0.2, 0) is 16.1 Å². The van der Waals surface area contributed by atoms with Crippen LogP contribution in [0.15, 0.2) is 48.1 Å². The predicted octanol–water partition coefficient (Wildman–Crippen LogP) is 3.78. The first kappa shape index (κ1) is 19.9. The zero-order chi connectivity index (χ0) is 21.4. The molecule has 2 amide bonds. The Kier molecular flexibility index (Phi) is 5.31. The lowest BCUT2D eigenvalue weighted by molar-refractivity contribution is -0.129. The van der Waals surface area contributed by atoms with Crippen molar-refractivity contribution in [2.24, 2.45) is 5.92 Å². The Bertz CT molecular complexity index is 1070. The molecule has 8 heteroatoms. The number of anilines is 1. The standard InChI is InChI=1S/C23H25N5O2S/c1-15-4-6-17(7-5-15)28-21(29)11-10-18(22(28)19-3-2-12-31-19)23(30)24-13-20-26-25-14-27(20)16-8-9-16/h2-7,12,14,16,18,22H,8-11,13H2,1H3,(H,24,30). The second kappa shape index (κ2) is 8.26. The normalized spacial score (nSPS) is 21.3.